The van der Waals surface area contributed by atoms with Gasteiger partial charge in [0.15, 0.2) is 11.0 Å². The summed E-state index contributed by atoms with van der Waals surface area (Å²) in [5.41, 5.74) is 2.27. The Kier molecular flexibility index (Phi) is 7.35. The van der Waals surface area contributed by atoms with Gasteiger partial charge in [-0.3, -0.25) is 14.3 Å². The Morgan fingerprint density at radius 2 is 1.80 bits per heavy atom. The predicted molar refractivity (Wildman–Crippen MR) is 125 cm³/mol. The molecule has 0 spiro atoms. The van der Waals surface area contributed by atoms with Gasteiger partial charge in [-0.1, -0.05) is 42.1 Å². The maximum absolute atomic E-state index is 12.6. The van der Waals surface area contributed by atoms with Gasteiger partial charge in [-0.15, -0.1) is 23.4 Å². The fraction of sp³-hybridized carbons (Fsp3) is 0.167. The number of thioether (sulfide) groups is 1. The molecule has 35 heavy (non-hydrogen) atoms. The Bertz CT molecular complexity index is 1270. The molecule has 1 N–H and O–H groups in total. The van der Waals surface area contributed by atoms with Crippen LogP contribution in [0.15, 0.2) is 84.3 Å². The van der Waals surface area contributed by atoms with E-state index >= 15 is 0 Å². The van der Waals surface area contributed by atoms with Crippen molar-refractivity contribution in [1.82, 2.24) is 25.1 Å². The number of amides is 1. The maximum atomic E-state index is 12.6. The van der Waals surface area contributed by atoms with Crippen molar-refractivity contribution in [3.8, 4) is 22.8 Å². The lowest BCUT2D eigenvalue weighted by Crippen LogP contribution is -2.28. The number of alkyl halides is 3. The number of ether oxygens (including phenoxy) is 1. The molecule has 11 heteroatoms. The highest BCUT2D eigenvalue weighted by atomic mass is 32.2. The van der Waals surface area contributed by atoms with Crippen LogP contribution in [0.2, 0.25) is 0 Å². The second-order valence-corrected chi connectivity index (χ2v) is 8.36. The van der Waals surface area contributed by atoms with Crippen LogP contribution in [0, 0.1) is 0 Å². The van der Waals surface area contributed by atoms with Crippen molar-refractivity contribution < 1.29 is 22.7 Å². The molecule has 2 aromatic heterocycles. The van der Waals surface area contributed by atoms with E-state index in [2.05, 4.69) is 25.2 Å². The fourth-order valence-electron chi connectivity index (χ4n) is 3.31. The second kappa shape index (κ2) is 10.6. The van der Waals surface area contributed by atoms with Crippen LogP contribution in [0.4, 0.5) is 13.2 Å². The van der Waals surface area contributed by atoms with E-state index in [9.17, 15) is 18.0 Å². The Morgan fingerprint density at radius 1 is 1.06 bits per heavy atom. The number of hydrogen-bond acceptors (Lipinski definition) is 6. The molecule has 4 aromatic rings. The molecule has 180 valence electrons. The number of nitrogens with one attached hydrogen (secondary N) is 1. The van der Waals surface area contributed by atoms with Gasteiger partial charge in [0, 0.05) is 23.6 Å². The van der Waals surface area contributed by atoms with Gasteiger partial charge < -0.3 is 10.1 Å². The van der Waals surface area contributed by atoms with Crippen LogP contribution in [-0.4, -0.2) is 37.8 Å². The zero-order valence-corrected chi connectivity index (χ0v) is 19.3. The monoisotopic (exact) mass is 499 g/mol. The number of carbonyl (C=O) groups is 1. The van der Waals surface area contributed by atoms with Crippen molar-refractivity contribution in [3.63, 3.8) is 0 Å². The van der Waals surface area contributed by atoms with E-state index < -0.39 is 12.4 Å². The number of para-hydroxylation sites is 1. The first-order chi connectivity index (χ1) is 16.8. The molecule has 0 aliphatic rings. The minimum Gasteiger partial charge on any atom is -0.406 e. The molecule has 0 aliphatic carbocycles. The first-order valence-corrected chi connectivity index (χ1v) is 11.5. The topological polar surface area (TPSA) is 81.9 Å². The summed E-state index contributed by atoms with van der Waals surface area (Å²) in [4.78, 5) is 16.8. The highest BCUT2D eigenvalue weighted by Gasteiger charge is 2.31. The lowest BCUT2D eigenvalue weighted by molar-refractivity contribution is -0.274. The van der Waals surface area contributed by atoms with Crippen LogP contribution in [0.25, 0.3) is 17.1 Å². The zero-order valence-electron chi connectivity index (χ0n) is 18.4. The van der Waals surface area contributed by atoms with Gasteiger partial charge in [0.05, 0.1) is 11.8 Å². The third kappa shape index (κ3) is 6.38. The molecule has 7 nitrogen and oxygen atoms in total. The Balaban J connectivity index is 1.44. The minimum absolute atomic E-state index is 0.0671. The lowest BCUT2D eigenvalue weighted by Gasteiger charge is -2.15. The highest BCUT2D eigenvalue weighted by Crippen LogP contribution is 2.28. The molecule has 0 saturated carbocycles. The highest BCUT2D eigenvalue weighted by molar-refractivity contribution is 7.99. The number of hydrogen-bond donors (Lipinski definition) is 1. The fourth-order valence-corrected chi connectivity index (χ4v) is 4.07. The molecular formula is C24H20F3N5O2S. The third-order valence-corrected chi connectivity index (χ3v) is 5.82. The predicted octanol–water partition coefficient (Wildman–Crippen LogP) is 5.20. The van der Waals surface area contributed by atoms with Crippen molar-refractivity contribution in [2.45, 2.75) is 24.5 Å². The van der Waals surface area contributed by atoms with E-state index in [0.717, 1.165) is 11.3 Å². The van der Waals surface area contributed by atoms with E-state index in [1.165, 1.54) is 36.0 Å². The van der Waals surface area contributed by atoms with Gasteiger partial charge >= 0.3 is 6.36 Å². The number of aromatic nitrogens is 4. The van der Waals surface area contributed by atoms with Crippen molar-refractivity contribution >= 4 is 17.7 Å². The maximum Gasteiger partial charge on any atom is 0.573 e. The van der Waals surface area contributed by atoms with Crippen LogP contribution in [0.5, 0.6) is 5.75 Å². The number of pyridine rings is 1. The molecule has 1 unspecified atom stereocenters. The van der Waals surface area contributed by atoms with Gasteiger partial charge in [0.25, 0.3) is 0 Å². The molecule has 0 aliphatic heterocycles. The average molecular weight is 500 g/mol. The summed E-state index contributed by atoms with van der Waals surface area (Å²) in [6.07, 6.45) is -1.39. The first-order valence-electron chi connectivity index (χ1n) is 10.5. The van der Waals surface area contributed by atoms with Crippen LogP contribution in [0.1, 0.15) is 18.5 Å². The summed E-state index contributed by atoms with van der Waals surface area (Å²) >= 11 is 1.22. The summed E-state index contributed by atoms with van der Waals surface area (Å²) in [6, 6.07) is 18.2. The van der Waals surface area contributed by atoms with Crippen LogP contribution < -0.4 is 10.1 Å². The van der Waals surface area contributed by atoms with E-state index in [-0.39, 0.29) is 17.4 Å². The van der Waals surface area contributed by atoms with E-state index in [1.807, 2.05) is 47.0 Å². The molecule has 4 rings (SSSR count). The third-order valence-electron chi connectivity index (χ3n) is 4.89. The largest absolute Gasteiger partial charge is 0.573 e. The molecule has 1 atom stereocenters. The normalized spacial score (nSPS) is 12.2. The molecule has 2 heterocycles. The molecule has 0 fully saturated rings. The summed E-state index contributed by atoms with van der Waals surface area (Å²) in [6.45, 7) is 1.75. The van der Waals surface area contributed by atoms with Crippen LogP contribution in [0.3, 0.4) is 0 Å². The quantitative estimate of drug-likeness (QED) is 0.336. The summed E-state index contributed by atoms with van der Waals surface area (Å²) < 4.78 is 42.7. The molecule has 0 saturated heterocycles. The first kappa shape index (κ1) is 24.3. The Morgan fingerprint density at radius 3 is 2.46 bits per heavy atom. The number of rotatable bonds is 8. The molecular weight excluding hydrogens is 479 g/mol. The number of halogens is 3. The minimum atomic E-state index is -4.75. The molecule has 0 radical (unpaired) electrons. The van der Waals surface area contributed by atoms with Gasteiger partial charge in [0.2, 0.25) is 5.91 Å². The van der Waals surface area contributed by atoms with Gasteiger partial charge in [0.1, 0.15) is 5.75 Å². The van der Waals surface area contributed by atoms with Crippen molar-refractivity contribution in [3.05, 3.63) is 84.7 Å². The SMILES string of the molecule is CC(NC(=O)CSc1nnc(-c2cccnc2)n1-c1ccccc1)c1ccc(OC(F)(F)F)cc1. The van der Waals surface area contributed by atoms with Gasteiger partial charge in [-0.05, 0) is 48.9 Å². The summed E-state index contributed by atoms with van der Waals surface area (Å²) in [7, 11) is 0. The molecule has 1 amide bonds. The van der Waals surface area contributed by atoms with Crippen molar-refractivity contribution in [2.24, 2.45) is 0 Å². The van der Waals surface area contributed by atoms with Crippen LogP contribution in [-0.2, 0) is 4.79 Å². The number of nitrogens with zero attached hydrogens (tertiary/aromatic N) is 4. The zero-order chi connectivity index (χ0) is 24.8. The smallest absolute Gasteiger partial charge is 0.406 e. The van der Waals surface area contributed by atoms with Crippen molar-refractivity contribution in [2.75, 3.05) is 5.75 Å². The van der Waals surface area contributed by atoms with Crippen LogP contribution >= 0.6 is 11.8 Å². The van der Waals surface area contributed by atoms with Gasteiger partial charge in [-0.2, -0.15) is 0 Å². The average Bonchev–Trinajstić information content (AvgIpc) is 3.27. The Hall–Kier alpha value is -3.86. The standard InChI is InChI=1S/C24H20F3N5O2S/c1-16(17-9-11-20(12-10-17)34-24(25,26)27)29-21(33)15-35-23-31-30-22(18-6-5-13-28-14-18)32(23)19-7-3-2-4-8-19/h2-14,16H,15H2,1H3,(H,29,33). The van der Waals surface area contributed by atoms with E-state index in [1.54, 1.807) is 19.3 Å². The summed E-state index contributed by atoms with van der Waals surface area (Å²) in [5, 5.41) is 12.0. The number of carbonyl (C=O) groups excluding carboxylic acids is 1. The Labute approximate surface area is 203 Å². The van der Waals surface area contributed by atoms with E-state index in [0.29, 0.717) is 16.5 Å². The summed E-state index contributed by atoms with van der Waals surface area (Å²) in [5.74, 6) is 0.0860. The molecule has 0 bridgehead atoms. The van der Waals surface area contributed by atoms with E-state index in [4.69, 9.17) is 0 Å². The lowest BCUT2D eigenvalue weighted by atomic mass is 10.1. The van der Waals surface area contributed by atoms with Crippen molar-refractivity contribution in [1.29, 1.82) is 0 Å². The number of benzene rings is 2. The second-order valence-electron chi connectivity index (χ2n) is 7.41. The molecule has 2 aromatic carbocycles. The van der Waals surface area contributed by atoms with Gasteiger partial charge in [-0.25, -0.2) is 0 Å².